The molecule has 1 aromatic carbocycles. The SMILES string of the molecule is Cc1ccc(OCC2CCCO2)c([C@@H](C)N)c1. The summed E-state index contributed by atoms with van der Waals surface area (Å²) in [7, 11) is 0. The van der Waals surface area contributed by atoms with Gasteiger partial charge in [0.2, 0.25) is 0 Å². The average Bonchev–Trinajstić information content (AvgIpc) is 2.80. The van der Waals surface area contributed by atoms with Crippen LogP contribution in [-0.2, 0) is 4.74 Å². The minimum Gasteiger partial charge on any atom is -0.491 e. The molecule has 1 heterocycles. The summed E-state index contributed by atoms with van der Waals surface area (Å²) < 4.78 is 11.4. The van der Waals surface area contributed by atoms with Gasteiger partial charge in [-0.15, -0.1) is 0 Å². The molecule has 0 aliphatic carbocycles. The number of rotatable bonds is 4. The first-order chi connectivity index (χ1) is 8.16. The molecule has 0 spiro atoms. The molecule has 2 atom stereocenters. The predicted molar refractivity (Wildman–Crippen MR) is 68.3 cm³/mol. The molecule has 1 aliphatic heterocycles. The van der Waals surface area contributed by atoms with E-state index < -0.39 is 0 Å². The molecule has 1 unspecified atom stereocenters. The van der Waals surface area contributed by atoms with Crippen LogP contribution in [0.15, 0.2) is 18.2 Å². The first-order valence-corrected chi connectivity index (χ1v) is 6.27. The van der Waals surface area contributed by atoms with Crippen LogP contribution in [0.1, 0.15) is 36.9 Å². The number of aryl methyl sites for hydroxylation is 1. The Hall–Kier alpha value is -1.06. The molecule has 3 heteroatoms. The van der Waals surface area contributed by atoms with E-state index in [1.807, 2.05) is 13.0 Å². The second-order valence-electron chi connectivity index (χ2n) is 4.78. The van der Waals surface area contributed by atoms with Crippen LogP contribution >= 0.6 is 0 Å². The zero-order chi connectivity index (χ0) is 12.3. The number of hydrogen-bond acceptors (Lipinski definition) is 3. The summed E-state index contributed by atoms with van der Waals surface area (Å²) in [5.41, 5.74) is 8.24. The van der Waals surface area contributed by atoms with Gasteiger partial charge in [-0.25, -0.2) is 0 Å². The molecule has 1 aromatic rings. The van der Waals surface area contributed by atoms with Crippen LogP contribution in [-0.4, -0.2) is 19.3 Å². The third-order valence-corrected chi connectivity index (χ3v) is 3.10. The van der Waals surface area contributed by atoms with Gasteiger partial charge in [0.25, 0.3) is 0 Å². The van der Waals surface area contributed by atoms with Gasteiger partial charge in [0.15, 0.2) is 0 Å². The molecule has 2 N–H and O–H groups in total. The zero-order valence-electron chi connectivity index (χ0n) is 10.6. The zero-order valence-corrected chi connectivity index (χ0v) is 10.6. The fraction of sp³-hybridized carbons (Fsp3) is 0.571. The van der Waals surface area contributed by atoms with E-state index in [1.165, 1.54) is 5.56 Å². The molecule has 1 saturated heterocycles. The molecule has 17 heavy (non-hydrogen) atoms. The van der Waals surface area contributed by atoms with Crippen molar-refractivity contribution in [3.05, 3.63) is 29.3 Å². The highest BCUT2D eigenvalue weighted by atomic mass is 16.5. The summed E-state index contributed by atoms with van der Waals surface area (Å²) in [6.45, 7) is 5.54. The fourth-order valence-corrected chi connectivity index (χ4v) is 2.11. The molecule has 1 fully saturated rings. The van der Waals surface area contributed by atoms with E-state index >= 15 is 0 Å². The normalized spacial score (nSPS) is 21.5. The minimum atomic E-state index is -0.00519. The van der Waals surface area contributed by atoms with E-state index in [4.69, 9.17) is 15.2 Å². The summed E-state index contributed by atoms with van der Waals surface area (Å²) in [6, 6.07) is 6.14. The highest BCUT2D eigenvalue weighted by molar-refractivity contribution is 5.38. The number of ether oxygens (including phenoxy) is 2. The number of hydrogen-bond donors (Lipinski definition) is 1. The van der Waals surface area contributed by atoms with Crippen molar-refractivity contribution in [1.82, 2.24) is 0 Å². The van der Waals surface area contributed by atoms with Crippen molar-refractivity contribution in [1.29, 1.82) is 0 Å². The Labute approximate surface area is 103 Å². The smallest absolute Gasteiger partial charge is 0.124 e. The maximum absolute atomic E-state index is 5.96. The summed E-state index contributed by atoms with van der Waals surface area (Å²) in [4.78, 5) is 0. The molecule has 0 amide bonds. The highest BCUT2D eigenvalue weighted by Crippen LogP contribution is 2.26. The lowest BCUT2D eigenvalue weighted by Gasteiger charge is -2.17. The van der Waals surface area contributed by atoms with Crippen molar-refractivity contribution in [3.8, 4) is 5.75 Å². The standard InChI is InChI=1S/C14H21NO2/c1-10-5-6-14(13(8-10)11(2)15)17-9-12-4-3-7-16-12/h5-6,8,11-12H,3-4,7,9,15H2,1-2H3/t11-,12?/m1/s1. The molecule has 0 bridgehead atoms. The van der Waals surface area contributed by atoms with Crippen molar-refractivity contribution in [3.63, 3.8) is 0 Å². The van der Waals surface area contributed by atoms with E-state index in [1.54, 1.807) is 0 Å². The molecule has 2 rings (SSSR count). The predicted octanol–water partition coefficient (Wildman–Crippen LogP) is 2.57. The van der Waals surface area contributed by atoms with Crippen molar-refractivity contribution in [2.45, 2.75) is 38.8 Å². The van der Waals surface area contributed by atoms with Crippen molar-refractivity contribution < 1.29 is 9.47 Å². The molecule has 3 nitrogen and oxygen atoms in total. The Balaban J connectivity index is 2.03. The monoisotopic (exact) mass is 235 g/mol. The topological polar surface area (TPSA) is 44.5 Å². The quantitative estimate of drug-likeness (QED) is 0.872. The molecule has 0 saturated carbocycles. The molecule has 94 valence electrons. The summed E-state index contributed by atoms with van der Waals surface area (Å²) in [6.07, 6.45) is 2.48. The summed E-state index contributed by atoms with van der Waals surface area (Å²) in [5.74, 6) is 0.890. The fourth-order valence-electron chi connectivity index (χ4n) is 2.11. The van der Waals surface area contributed by atoms with Crippen LogP contribution < -0.4 is 10.5 Å². The van der Waals surface area contributed by atoms with E-state index in [-0.39, 0.29) is 12.1 Å². The highest BCUT2D eigenvalue weighted by Gasteiger charge is 2.17. The third kappa shape index (κ3) is 3.20. The van der Waals surface area contributed by atoms with Gasteiger partial charge in [0.05, 0.1) is 6.10 Å². The number of nitrogens with two attached hydrogens (primary N) is 1. The van der Waals surface area contributed by atoms with Gasteiger partial charge in [0, 0.05) is 18.2 Å². The van der Waals surface area contributed by atoms with Crippen molar-refractivity contribution in [2.24, 2.45) is 5.73 Å². The molecule has 0 radical (unpaired) electrons. The largest absolute Gasteiger partial charge is 0.491 e. The van der Waals surface area contributed by atoms with E-state index in [2.05, 4.69) is 19.1 Å². The van der Waals surface area contributed by atoms with Crippen LogP contribution in [0.25, 0.3) is 0 Å². The van der Waals surface area contributed by atoms with E-state index in [0.717, 1.165) is 30.8 Å². The van der Waals surface area contributed by atoms with Gasteiger partial charge in [-0.1, -0.05) is 17.7 Å². The maximum atomic E-state index is 5.96. The minimum absolute atomic E-state index is 0.00519. The summed E-state index contributed by atoms with van der Waals surface area (Å²) in [5, 5.41) is 0. The number of benzene rings is 1. The van der Waals surface area contributed by atoms with Crippen LogP contribution in [0.5, 0.6) is 5.75 Å². The Bertz CT molecular complexity index is 370. The van der Waals surface area contributed by atoms with Crippen LogP contribution in [0.4, 0.5) is 0 Å². The average molecular weight is 235 g/mol. The lowest BCUT2D eigenvalue weighted by atomic mass is 10.1. The van der Waals surface area contributed by atoms with Crippen molar-refractivity contribution in [2.75, 3.05) is 13.2 Å². The Morgan fingerprint density at radius 1 is 1.53 bits per heavy atom. The molecular formula is C14H21NO2. The van der Waals surface area contributed by atoms with Crippen LogP contribution in [0.2, 0.25) is 0 Å². The first kappa shape index (κ1) is 12.4. The third-order valence-electron chi connectivity index (χ3n) is 3.10. The first-order valence-electron chi connectivity index (χ1n) is 6.27. The van der Waals surface area contributed by atoms with Gasteiger partial charge in [-0.2, -0.15) is 0 Å². The van der Waals surface area contributed by atoms with Gasteiger partial charge >= 0.3 is 0 Å². The molecular weight excluding hydrogens is 214 g/mol. The Kier molecular flexibility index (Phi) is 4.02. The lowest BCUT2D eigenvalue weighted by Crippen LogP contribution is -2.18. The second kappa shape index (κ2) is 5.52. The summed E-state index contributed by atoms with van der Waals surface area (Å²) >= 11 is 0. The molecule has 0 aromatic heterocycles. The van der Waals surface area contributed by atoms with Gasteiger partial charge in [-0.05, 0) is 32.8 Å². The van der Waals surface area contributed by atoms with Gasteiger partial charge in [-0.3, -0.25) is 0 Å². The maximum Gasteiger partial charge on any atom is 0.124 e. The van der Waals surface area contributed by atoms with E-state index in [0.29, 0.717) is 6.61 Å². The molecule has 1 aliphatic rings. The Morgan fingerprint density at radius 2 is 2.35 bits per heavy atom. The van der Waals surface area contributed by atoms with Crippen molar-refractivity contribution >= 4 is 0 Å². The lowest BCUT2D eigenvalue weighted by molar-refractivity contribution is 0.0675. The van der Waals surface area contributed by atoms with Crippen LogP contribution in [0, 0.1) is 6.92 Å². The second-order valence-corrected chi connectivity index (χ2v) is 4.78. The van der Waals surface area contributed by atoms with Gasteiger partial charge < -0.3 is 15.2 Å². The van der Waals surface area contributed by atoms with Gasteiger partial charge in [0.1, 0.15) is 12.4 Å². The van der Waals surface area contributed by atoms with Crippen LogP contribution in [0.3, 0.4) is 0 Å². The Morgan fingerprint density at radius 3 is 3.00 bits per heavy atom. The van der Waals surface area contributed by atoms with E-state index in [9.17, 15) is 0 Å².